The molecule has 0 bridgehead atoms. The van der Waals surface area contributed by atoms with Crippen LogP contribution in [0.25, 0.3) is 11.4 Å². The Morgan fingerprint density at radius 2 is 2.15 bits per heavy atom. The lowest BCUT2D eigenvalue weighted by Crippen LogP contribution is -2.44. The number of nitrogen functional groups attached to an aromatic ring is 1. The van der Waals surface area contributed by atoms with Gasteiger partial charge in [0.15, 0.2) is 5.82 Å². The largest absolute Gasteiger partial charge is 0.352 e. The summed E-state index contributed by atoms with van der Waals surface area (Å²) in [5.41, 5.74) is 0.785. The number of thioether (sulfide) groups is 1. The third-order valence-electron chi connectivity index (χ3n) is 4.84. The van der Waals surface area contributed by atoms with Crippen LogP contribution < -0.4 is 11.2 Å². The van der Waals surface area contributed by atoms with Crippen molar-refractivity contribution in [1.82, 2.24) is 20.2 Å². The lowest BCUT2D eigenvalue weighted by molar-refractivity contribution is -0.121. The molecule has 140 valence electrons. The molecule has 1 saturated carbocycles. The fourth-order valence-electron chi connectivity index (χ4n) is 3.22. The highest BCUT2D eigenvalue weighted by atomic mass is 35.5. The Hall–Kier alpha value is -1.73. The van der Waals surface area contributed by atoms with Gasteiger partial charge in [-0.3, -0.25) is 4.79 Å². The lowest BCUT2D eigenvalue weighted by Gasteiger charge is -2.30. The number of carbonyl (C=O) groups excluding carboxylic acids is 1. The average molecular weight is 394 g/mol. The van der Waals surface area contributed by atoms with Crippen molar-refractivity contribution in [2.75, 3.05) is 5.84 Å². The fraction of sp³-hybridized carbons (Fsp3) is 0.500. The number of halogens is 1. The molecule has 1 aromatic carbocycles. The van der Waals surface area contributed by atoms with Gasteiger partial charge in [-0.2, -0.15) is 0 Å². The van der Waals surface area contributed by atoms with Crippen molar-refractivity contribution in [3.63, 3.8) is 0 Å². The van der Waals surface area contributed by atoms with E-state index in [1.165, 1.54) is 35.7 Å². The maximum absolute atomic E-state index is 12.5. The van der Waals surface area contributed by atoms with Gasteiger partial charge in [-0.25, -0.2) is 4.68 Å². The van der Waals surface area contributed by atoms with Gasteiger partial charge in [0.2, 0.25) is 11.1 Å². The molecule has 1 aromatic heterocycles. The second-order valence-corrected chi connectivity index (χ2v) is 8.57. The van der Waals surface area contributed by atoms with Gasteiger partial charge in [0, 0.05) is 16.6 Å². The van der Waals surface area contributed by atoms with E-state index in [0.29, 0.717) is 21.9 Å². The zero-order chi connectivity index (χ0) is 18.7. The number of nitrogens with two attached hydrogens (primary N) is 1. The van der Waals surface area contributed by atoms with Gasteiger partial charge in [0.1, 0.15) is 0 Å². The number of aromatic nitrogens is 3. The molecule has 2 aromatic rings. The number of hydrogen-bond acceptors (Lipinski definition) is 5. The van der Waals surface area contributed by atoms with Crippen LogP contribution in [-0.4, -0.2) is 32.1 Å². The molecule has 8 heteroatoms. The Morgan fingerprint density at radius 3 is 2.88 bits per heavy atom. The number of carbonyl (C=O) groups is 1. The van der Waals surface area contributed by atoms with E-state index in [0.717, 1.165) is 12.0 Å². The fourth-order valence-corrected chi connectivity index (χ4v) is 4.19. The third kappa shape index (κ3) is 4.32. The van der Waals surface area contributed by atoms with Gasteiger partial charge in [0.25, 0.3) is 0 Å². The van der Waals surface area contributed by atoms with E-state index in [1.54, 1.807) is 12.1 Å². The molecular weight excluding hydrogens is 370 g/mol. The van der Waals surface area contributed by atoms with E-state index in [2.05, 4.69) is 22.4 Å². The molecule has 1 heterocycles. The summed E-state index contributed by atoms with van der Waals surface area (Å²) in [6.07, 6.45) is 4.65. The zero-order valence-corrected chi connectivity index (χ0v) is 16.6. The Morgan fingerprint density at radius 1 is 1.38 bits per heavy atom. The molecule has 3 N–H and O–H groups in total. The van der Waals surface area contributed by atoms with Crippen molar-refractivity contribution < 1.29 is 4.79 Å². The molecule has 0 saturated heterocycles. The molecule has 0 spiro atoms. The molecular formula is C18H24ClN5OS. The van der Waals surface area contributed by atoms with Gasteiger partial charge >= 0.3 is 0 Å². The van der Waals surface area contributed by atoms with Crippen LogP contribution in [0.5, 0.6) is 0 Å². The highest BCUT2D eigenvalue weighted by molar-refractivity contribution is 8.00. The minimum absolute atomic E-state index is 0.0149. The van der Waals surface area contributed by atoms with Crippen LogP contribution in [0.15, 0.2) is 29.4 Å². The molecule has 26 heavy (non-hydrogen) atoms. The molecule has 6 nitrogen and oxygen atoms in total. The summed E-state index contributed by atoms with van der Waals surface area (Å²) in [6, 6.07) is 7.53. The van der Waals surface area contributed by atoms with E-state index >= 15 is 0 Å². The number of nitrogens with zero attached hydrogens (tertiary/aromatic N) is 3. The van der Waals surface area contributed by atoms with Crippen LogP contribution in [0.2, 0.25) is 5.02 Å². The molecule has 1 aliphatic rings. The van der Waals surface area contributed by atoms with Crippen LogP contribution >= 0.6 is 23.4 Å². The molecule has 3 rings (SSSR count). The van der Waals surface area contributed by atoms with Crippen LogP contribution in [0.4, 0.5) is 0 Å². The van der Waals surface area contributed by atoms with Crippen LogP contribution in [-0.2, 0) is 4.79 Å². The number of rotatable bonds is 5. The van der Waals surface area contributed by atoms with E-state index in [9.17, 15) is 4.79 Å². The van der Waals surface area contributed by atoms with Crippen molar-refractivity contribution in [3.05, 3.63) is 29.3 Å². The molecule has 1 aliphatic carbocycles. The van der Waals surface area contributed by atoms with Crippen molar-refractivity contribution in [3.8, 4) is 11.4 Å². The highest BCUT2D eigenvalue weighted by Crippen LogP contribution is 2.27. The molecule has 1 amide bonds. The standard InChI is InChI=1S/C18H24ClN5OS/c1-11-6-3-4-9-15(11)21-17(25)12(2)26-18-23-22-16(24(18)20)13-7-5-8-14(19)10-13/h5,7-8,10-12,15H,3-4,6,9,20H2,1-2H3,(H,21,25)/t11-,12+,15-/m0/s1. The van der Waals surface area contributed by atoms with Crippen molar-refractivity contribution in [2.45, 2.75) is 56.0 Å². The smallest absolute Gasteiger partial charge is 0.233 e. The molecule has 0 radical (unpaired) electrons. The SMILES string of the molecule is C[C@@H](Sc1nnc(-c2cccc(Cl)c2)n1N)C(=O)N[C@H]1CCCC[C@@H]1C. The number of benzene rings is 1. The predicted octanol–water partition coefficient (Wildman–Crippen LogP) is 3.49. The van der Waals surface area contributed by atoms with E-state index in [1.807, 2.05) is 19.1 Å². The van der Waals surface area contributed by atoms with Gasteiger partial charge in [0.05, 0.1) is 5.25 Å². The summed E-state index contributed by atoms with van der Waals surface area (Å²) in [4.78, 5) is 12.5. The van der Waals surface area contributed by atoms with Crippen molar-refractivity contribution >= 4 is 29.3 Å². The summed E-state index contributed by atoms with van der Waals surface area (Å²) in [5, 5.41) is 12.3. The quantitative estimate of drug-likeness (QED) is 0.599. The van der Waals surface area contributed by atoms with Crippen LogP contribution in [0.1, 0.15) is 39.5 Å². The first-order valence-corrected chi connectivity index (χ1v) is 10.1. The van der Waals surface area contributed by atoms with Crippen LogP contribution in [0.3, 0.4) is 0 Å². The molecule has 3 atom stereocenters. The van der Waals surface area contributed by atoms with Crippen LogP contribution in [0, 0.1) is 5.92 Å². The Labute approximate surface area is 162 Å². The van der Waals surface area contributed by atoms with Crippen molar-refractivity contribution in [1.29, 1.82) is 0 Å². The number of amides is 1. The Bertz CT molecular complexity index is 781. The first kappa shape index (κ1) is 19.0. The first-order chi connectivity index (χ1) is 12.5. The summed E-state index contributed by atoms with van der Waals surface area (Å²) in [6.45, 7) is 4.07. The summed E-state index contributed by atoms with van der Waals surface area (Å²) in [7, 11) is 0. The van der Waals surface area contributed by atoms with E-state index in [-0.39, 0.29) is 17.2 Å². The topological polar surface area (TPSA) is 85.8 Å². The first-order valence-electron chi connectivity index (χ1n) is 8.89. The number of nitrogens with one attached hydrogen (secondary N) is 1. The second-order valence-electron chi connectivity index (χ2n) is 6.82. The van der Waals surface area contributed by atoms with Gasteiger partial charge in [-0.1, -0.05) is 55.3 Å². The summed E-state index contributed by atoms with van der Waals surface area (Å²) in [5.74, 6) is 7.19. The van der Waals surface area contributed by atoms with E-state index < -0.39 is 0 Å². The lowest BCUT2D eigenvalue weighted by atomic mass is 9.86. The van der Waals surface area contributed by atoms with Gasteiger partial charge in [-0.15, -0.1) is 10.2 Å². The zero-order valence-electron chi connectivity index (χ0n) is 15.0. The van der Waals surface area contributed by atoms with Gasteiger partial charge < -0.3 is 11.2 Å². The number of hydrogen-bond donors (Lipinski definition) is 2. The highest BCUT2D eigenvalue weighted by Gasteiger charge is 2.26. The van der Waals surface area contributed by atoms with E-state index in [4.69, 9.17) is 17.4 Å². The predicted molar refractivity (Wildman–Crippen MR) is 106 cm³/mol. The third-order valence-corrected chi connectivity index (χ3v) is 6.13. The second kappa shape index (κ2) is 8.31. The maximum atomic E-state index is 12.5. The summed E-state index contributed by atoms with van der Waals surface area (Å²) >= 11 is 7.33. The minimum Gasteiger partial charge on any atom is -0.352 e. The average Bonchev–Trinajstić information content (AvgIpc) is 2.97. The molecule has 0 aliphatic heterocycles. The monoisotopic (exact) mass is 393 g/mol. The normalized spacial score (nSPS) is 21.3. The van der Waals surface area contributed by atoms with Crippen molar-refractivity contribution in [2.24, 2.45) is 5.92 Å². The summed E-state index contributed by atoms with van der Waals surface area (Å²) < 4.78 is 1.41. The Balaban J connectivity index is 1.66. The van der Waals surface area contributed by atoms with Gasteiger partial charge in [-0.05, 0) is 37.8 Å². The Kier molecular flexibility index (Phi) is 6.09. The molecule has 1 fully saturated rings. The maximum Gasteiger partial charge on any atom is 0.233 e. The minimum atomic E-state index is -0.303. The molecule has 0 unspecified atom stereocenters.